The molecular weight excluding hydrogens is 391 g/mol. The number of aromatic nitrogens is 1. The number of halogens is 3. The quantitative estimate of drug-likeness (QED) is 0.606. The maximum atomic E-state index is 13.4. The van der Waals surface area contributed by atoms with E-state index in [1.54, 1.807) is 19.0 Å². The van der Waals surface area contributed by atoms with Gasteiger partial charge < -0.3 is 19.9 Å². The normalized spacial score (nSPS) is 13.0. The highest BCUT2D eigenvalue weighted by molar-refractivity contribution is 5.80. The van der Waals surface area contributed by atoms with E-state index in [-0.39, 0.29) is 37.3 Å². The number of carbonyl (C=O) groups is 2. The first kappa shape index (κ1) is 24.7. The van der Waals surface area contributed by atoms with E-state index in [0.717, 1.165) is 10.8 Å². The second kappa shape index (κ2) is 10.4. The molecule has 0 aliphatic carbocycles. The molecule has 1 rings (SSSR count). The predicted molar refractivity (Wildman–Crippen MR) is 102 cm³/mol. The van der Waals surface area contributed by atoms with E-state index in [1.165, 1.54) is 0 Å². The van der Waals surface area contributed by atoms with Crippen molar-refractivity contribution in [3.8, 4) is 0 Å². The summed E-state index contributed by atoms with van der Waals surface area (Å²) in [6.07, 6.45) is -3.60. The number of alkyl halides is 3. The summed E-state index contributed by atoms with van der Waals surface area (Å²) in [7, 11) is 3.45. The van der Waals surface area contributed by atoms with Crippen molar-refractivity contribution >= 4 is 11.9 Å². The first-order valence-corrected chi connectivity index (χ1v) is 9.29. The van der Waals surface area contributed by atoms with Gasteiger partial charge in [-0.05, 0) is 38.4 Å². The maximum absolute atomic E-state index is 13.4. The number of pyridine rings is 1. The Hall–Kier alpha value is -2.36. The molecule has 164 valence electrons. The second-order valence-corrected chi connectivity index (χ2v) is 7.59. The molecule has 1 aromatic heterocycles. The average Bonchev–Trinajstić information content (AvgIpc) is 2.57. The molecule has 29 heavy (non-hydrogen) atoms. The zero-order valence-electron chi connectivity index (χ0n) is 17.0. The summed E-state index contributed by atoms with van der Waals surface area (Å²) in [4.78, 5) is 37.4. The Bertz CT molecular complexity index is 773. The van der Waals surface area contributed by atoms with Gasteiger partial charge in [-0.1, -0.05) is 13.8 Å². The molecule has 2 N–H and O–H groups in total. The topological polar surface area (TPSA) is 91.6 Å². The van der Waals surface area contributed by atoms with Crippen molar-refractivity contribution in [1.29, 1.82) is 0 Å². The SMILES string of the molecule is CC(C)CC(C(=O)NCCC(=O)O)n1cc(CCN(C)C)c(C(F)(F)F)cc1=O. The Morgan fingerprint density at radius 2 is 1.90 bits per heavy atom. The van der Waals surface area contributed by atoms with Crippen molar-refractivity contribution in [2.75, 3.05) is 27.2 Å². The van der Waals surface area contributed by atoms with Crippen LogP contribution in [0, 0.1) is 5.92 Å². The first-order valence-electron chi connectivity index (χ1n) is 9.29. The molecule has 1 amide bonds. The molecule has 0 fully saturated rings. The van der Waals surface area contributed by atoms with Crippen LogP contribution in [0.25, 0.3) is 0 Å². The molecule has 0 saturated heterocycles. The van der Waals surface area contributed by atoms with E-state index in [1.807, 2.05) is 13.8 Å². The predicted octanol–water partition coefficient (Wildman–Crippen LogP) is 2.15. The van der Waals surface area contributed by atoms with E-state index in [0.29, 0.717) is 12.6 Å². The number of carboxylic acid groups (broad SMARTS) is 1. The molecule has 10 heteroatoms. The van der Waals surface area contributed by atoms with Gasteiger partial charge in [0.15, 0.2) is 0 Å². The van der Waals surface area contributed by atoms with Gasteiger partial charge in [0, 0.05) is 25.4 Å². The monoisotopic (exact) mass is 419 g/mol. The van der Waals surface area contributed by atoms with Crippen molar-refractivity contribution in [3.05, 3.63) is 33.7 Å². The lowest BCUT2D eigenvalue weighted by molar-refractivity contribution is -0.138. The van der Waals surface area contributed by atoms with Gasteiger partial charge in [0.05, 0.1) is 12.0 Å². The molecule has 0 aliphatic heterocycles. The summed E-state index contributed by atoms with van der Waals surface area (Å²) < 4.78 is 41.2. The van der Waals surface area contributed by atoms with Crippen LogP contribution in [-0.2, 0) is 22.2 Å². The van der Waals surface area contributed by atoms with Crippen molar-refractivity contribution in [2.45, 2.75) is 45.3 Å². The molecule has 0 saturated carbocycles. The van der Waals surface area contributed by atoms with Gasteiger partial charge >= 0.3 is 12.1 Å². The van der Waals surface area contributed by atoms with E-state index in [4.69, 9.17) is 5.11 Å². The fraction of sp³-hybridized carbons (Fsp3) is 0.632. The number of nitrogens with zero attached hydrogens (tertiary/aromatic N) is 2. The van der Waals surface area contributed by atoms with Crippen LogP contribution in [0.3, 0.4) is 0 Å². The smallest absolute Gasteiger partial charge is 0.416 e. The van der Waals surface area contributed by atoms with Crippen LogP contribution in [-0.4, -0.2) is 53.6 Å². The molecule has 1 aromatic rings. The lowest BCUT2D eigenvalue weighted by Gasteiger charge is -2.23. The van der Waals surface area contributed by atoms with E-state index in [9.17, 15) is 27.6 Å². The van der Waals surface area contributed by atoms with Crippen molar-refractivity contribution in [3.63, 3.8) is 0 Å². The summed E-state index contributed by atoms with van der Waals surface area (Å²) in [6.45, 7) is 3.84. The zero-order chi connectivity index (χ0) is 22.4. The van der Waals surface area contributed by atoms with Gasteiger partial charge in [0.1, 0.15) is 6.04 Å². The number of carbonyl (C=O) groups excluding carboxylic acids is 1. The third-order valence-electron chi connectivity index (χ3n) is 4.27. The van der Waals surface area contributed by atoms with Gasteiger partial charge in [-0.3, -0.25) is 14.4 Å². The molecule has 7 nitrogen and oxygen atoms in total. The van der Waals surface area contributed by atoms with E-state index in [2.05, 4.69) is 5.32 Å². The minimum atomic E-state index is -4.68. The Kier molecular flexibility index (Phi) is 8.87. The van der Waals surface area contributed by atoms with Gasteiger partial charge in [0.25, 0.3) is 5.56 Å². The summed E-state index contributed by atoms with van der Waals surface area (Å²) in [5.41, 5.74) is -2.00. The number of nitrogens with one attached hydrogen (secondary N) is 1. The van der Waals surface area contributed by atoms with Gasteiger partial charge in [0.2, 0.25) is 5.91 Å². The van der Waals surface area contributed by atoms with Crippen molar-refractivity contribution in [2.24, 2.45) is 5.92 Å². The standard InChI is InChI=1S/C19H28F3N3O4/c1-12(2)9-15(18(29)23-7-5-17(27)28)25-11-13(6-8-24(3)4)14(10-16(25)26)19(20,21)22/h10-12,15H,5-9H2,1-4H3,(H,23,29)(H,27,28). The fourth-order valence-corrected chi connectivity index (χ4v) is 2.85. The molecular formula is C19H28F3N3O4. The Morgan fingerprint density at radius 1 is 1.28 bits per heavy atom. The fourth-order valence-electron chi connectivity index (χ4n) is 2.85. The number of amides is 1. The number of hydrogen-bond donors (Lipinski definition) is 2. The summed E-state index contributed by atoms with van der Waals surface area (Å²) in [6, 6.07) is -0.500. The molecule has 0 aromatic carbocycles. The summed E-state index contributed by atoms with van der Waals surface area (Å²) in [5.74, 6) is -1.71. The summed E-state index contributed by atoms with van der Waals surface area (Å²) in [5, 5.41) is 11.2. The minimum absolute atomic E-state index is 0.0235. The van der Waals surface area contributed by atoms with Crippen LogP contribution in [0.1, 0.15) is 43.9 Å². The molecule has 0 bridgehead atoms. The highest BCUT2D eigenvalue weighted by Gasteiger charge is 2.35. The van der Waals surface area contributed by atoms with Crippen molar-refractivity contribution < 1.29 is 27.9 Å². The van der Waals surface area contributed by atoms with E-state index < -0.39 is 35.2 Å². The van der Waals surface area contributed by atoms with Gasteiger partial charge in [-0.25, -0.2) is 0 Å². The van der Waals surface area contributed by atoms with Gasteiger partial charge in [-0.15, -0.1) is 0 Å². The van der Waals surface area contributed by atoms with Crippen LogP contribution >= 0.6 is 0 Å². The van der Waals surface area contributed by atoms with Crippen LogP contribution in [0.15, 0.2) is 17.1 Å². The Morgan fingerprint density at radius 3 is 2.38 bits per heavy atom. The third-order valence-corrected chi connectivity index (χ3v) is 4.27. The maximum Gasteiger partial charge on any atom is 0.416 e. The third kappa shape index (κ3) is 7.88. The highest BCUT2D eigenvalue weighted by Crippen LogP contribution is 2.32. The lowest BCUT2D eigenvalue weighted by Crippen LogP contribution is -2.39. The molecule has 1 atom stereocenters. The Balaban J connectivity index is 3.35. The number of carboxylic acids is 1. The average molecular weight is 419 g/mol. The van der Waals surface area contributed by atoms with Crippen LogP contribution in [0.4, 0.5) is 13.2 Å². The second-order valence-electron chi connectivity index (χ2n) is 7.59. The summed E-state index contributed by atoms with van der Waals surface area (Å²) >= 11 is 0. The number of likely N-dealkylation sites (N-methyl/N-ethyl adjacent to an activating group) is 1. The van der Waals surface area contributed by atoms with E-state index >= 15 is 0 Å². The molecule has 1 unspecified atom stereocenters. The van der Waals surface area contributed by atoms with Crippen LogP contribution < -0.4 is 10.9 Å². The Labute approximate surface area is 167 Å². The molecule has 0 aliphatic rings. The largest absolute Gasteiger partial charge is 0.481 e. The number of rotatable bonds is 10. The van der Waals surface area contributed by atoms with Crippen LogP contribution in [0.2, 0.25) is 0 Å². The van der Waals surface area contributed by atoms with Gasteiger partial charge in [-0.2, -0.15) is 13.2 Å². The molecule has 0 radical (unpaired) electrons. The first-order chi connectivity index (χ1) is 13.3. The number of hydrogen-bond acceptors (Lipinski definition) is 4. The van der Waals surface area contributed by atoms with Crippen molar-refractivity contribution in [1.82, 2.24) is 14.8 Å². The molecule has 0 spiro atoms. The van der Waals surface area contributed by atoms with Crippen LogP contribution in [0.5, 0.6) is 0 Å². The number of aliphatic carboxylic acids is 1. The lowest BCUT2D eigenvalue weighted by atomic mass is 10.0. The molecule has 1 heterocycles. The highest BCUT2D eigenvalue weighted by atomic mass is 19.4. The zero-order valence-corrected chi connectivity index (χ0v) is 17.0. The minimum Gasteiger partial charge on any atom is -0.481 e.